The minimum atomic E-state index is -3.22. The second kappa shape index (κ2) is 7.21. The molecule has 0 amide bonds. The van der Waals surface area contributed by atoms with Gasteiger partial charge < -0.3 is 9.80 Å². The van der Waals surface area contributed by atoms with Crippen molar-refractivity contribution in [2.75, 3.05) is 41.7 Å². The molecule has 0 N–H and O–H groups in total. The van der Waals surface area contributed by atoms with E-state index >= 15 is 0 Å². The summed E-state index contributed by atoms with van der Waals surface area (Å²) in [5.41, 5.74) is 0.822. The van der Waals surface area contributed by atoms with Gasteiger partial charge >= 0.3 is 0 Å². The van der Waals surface area contributed by atoms with Gasteiger partial charge in [-0.25, -0.2) is 13.4 Å². The van der Waals surface area contributed by atoms with Crippen LogP contribution in [0.5, 0.6) is 0 Å². The van der Waals surface area contributed by atoms with Crippen LogP contribution in [0.2, 0.25) is 0 Å². The first kappa shape index (κ1) is 16.8. The van der Waals surface area contributed by atoms with E-state index in [9.17, 15) is 8.42 Å². The zero-order valence-corrected chi connectivity index (χ0v) is 14.7. The van der Waals surface area contributed by atoms with Crippen LogP contribution in [0.25, 0.3) is 0 Å². The van der Waals surface area contributed by atoms with Crippen molar-refractivity contribution in [1.29, 1.82) is 0 Å². The van der Waals surface area contributed by atoms with E-state index in [1.807, 2.05) is 30.3 Å². The van der Waals surface area contributed by atoms with Crippen molar-refractivity contribution in [2.45, 2.75) is 18.2 Å². The number of nitrogens with zero attached hydrogens (tertiary/aromatic N) is 3. The summed E-state index contributed by atoms with van der Waals surface area (Å²) in [4.78, 5) is 9.31. The van der Waals surface area contributed by atoms with Crippen LogP contribution in [0, 0.1) is 0 Å². The lowest BCUT2D eigenvalue weighted by Gasteiger charge is -2.26. The molecule has 3 rings (SSSR count). The Bertz CT molecular complexity index is 778. The van der Waals surface area contributed by atoms with E-state index in [-0.39, 0.29) is 5.75 Å². The van der Waals surface area contributed by atoms with Crippen molar-refractivity contribution >= 4 is 21.3 Å². The van der Waals surface area contributed by atoms with Gasteiger partial charge in [-0.1, -0.05) is 25.1 Å². The van der Waals surface area contributed by atoms with Crippen molar-refractivity contribution < 1.29 is 8.42 Å². The van der Waals surface area contributed by atoms with Crippen LogP contribution in [-0.4, -0.2) is 45.3 Å². The van der Waals surface area contributed by atoms with Gasteiger partial charge in [-0.2, -0.15) is 0 Å². The summed E-state index contributed by atoms with van der Waals surface area (Å²) < 4.78 is 24.8. The van der Waals surface area contributed by atoms with Crippen molar-refractivity contribution in [1.82, 2.24) is 4.98 Å². The zero-order chi connectivity index (χ0) is 17.0. The summed E-state index contributed by atoms with van der Waals surface area (Å²) in [6.45, 7) is 5.08. The summed E-state index contributed by atoms with van der Waals surface area (Å²) in [5, 5.41) is 0. The first-order valence-corrected chi connectivity index (χ1v) is 10.00. The summed E-state index contributed by atoms with van der Waals surface area (Å²) in [6.07, 6.45) is 2.78. The maximum Gasteiger partial charge on any atom is 0.180 e. The molecule has 1 fully saturated rings. The molecular formula is C18H23N3O2S. The Hall–Kier alpha value is -2.08. The molecule has 128 valence electrons. The summed E-state index contributed by atoms with van der Waals surface area (Å²) in [7, 11) is -3.22. The third-order valence-corrected chi connectivity index (χ3v) is 6.17. The molecule has 0 spiro atoms. The van der Waals surface area contributed by atoms with E-state index in [0.717, 1.165) is 44.1 Å². The van der Waals surface area contributed by atoms with Crippen molar-refractivity contribution in [2.24, 2.45) is 0 Å². The van der Waals surface area contributed by atoms with Gasteiger partial charge in [-0.3, -0.25) is 0 Å². The number of rotatable bonds is 4. The van der Waals surface area contributed by atoms with Crippen LogP contribution in [0.1, 0.15) is 13.3 Å². The molecule has 24 heavy (non-hydrogen) atoms. The standard InChI is InChI=1S/C18H23N3O2S/c1-2-24(22,23)17-9-4-3-8-16(17)20-12-7-13-21(15-14-20)18-10-5-6-11-19-18/h3-6,8-11H,2,7,12-15H2,1H3. The number of hydrogen-bond acceptors (Lipinski definition) is 5. The monoisotopic (exact) mass is 345 g/mol. The van der Waals surface area contributed by atoms with E-state index in [1.165, 1.54) is 0 Å². The Morgan fingerprint density at radius 3 is 2.42 bits per heavy atom. The molecule has 0 unspecified atom stereocenters. The SMILES string of the molecule is CCS(=O)(=O)c1ccccc1N1CCCN(c2ccccn2)CC1. The van der Waals surface area contributed by atoms with Gasteiger partial charge in [0.2, 0.25) is 0 Å². The van der Waals surface area contributed by atoms with Crippen molar-refractivity contribution in [3.05, 3.63) is 48.7 Å². The van der Waals surface area contributed by atoms with Crippen LogP contribution in [0.15, 0.2) is 53.6 Å². The highest BCUT2D eigenvalue weighted by molar-refractivity contribution is 7.91. The third kappa shape index (κ3) is 3.53. The molecule has 1 aromatic carbocycles. The van der Waals surface area contributed by atoms with Crippen molar-refractivity contribution in [3.8, 4) is 0 Å². The predicted molar refractivity (Wildman–Crippen MR) is 97.4 cm³/mol. The first-order valence-electron chi connectivity index (χ1n) is 8.34. The van der Waals surface area contributed by atoms with Gasteiger partial charge in [0.15, 0.2) is 9.84 Å². The topological polar surface area (TPSA) is 53.5 Å². The molecule has 0 atom stereocenters. The quantitative estimate of drug-likeness (QED) is 0.852. The Balaban J connectivity index is 1.83. The third-order valence-electron chi connectivity index (χ3n) is 4.39. The molecule has 1 aliphatic heterocycles. The molecule has 1 saturated heterocycles. The molecule has 1 aromatic heterocycles. The smallest absolute Gasteiger partial charge is 0.180 e. The lowest BCUT2D eigenvalue weighted by molar-refractivity contribution is 0.596. The number of sulfone groups is 1. The Morgan fingerprint density at radius 2 is 1.67 bits per heavy atom. The largest absolute Gasteiger partial charge is 0.369 e. The first-order chi connectivity index (χ1) is 11.6. The van der Waals surface area contributed by atoms with Gasteiger partial charge in [0.25, 0.3) is 0 Å². The molecule has 0 bridgehead atoms. The zero-order valence-electron chi connectivity index (χ0n) is 13.9. The second-order valence-electron chi connectivity index (χ2n) is 5.89. The number of aromatic nitrogens is 1. The fourth-order valence-corrected chi connectivity index (χ4v) is 4.18. The second-order valence-corrected chi connectivity index (χ2v) is 8.13. The van der Waals surface area contributed by atoms with E-state index in [1.54, 1.807) is 25.3 Å². The van der Waals surface area contributed by atoms with Crippen LogP contribution in [0.4, 0.5) is 11.5 Å². The number of para-hydroxylation sites is 1. The molecule has 2 aromatic rings. The van der Waals surface area contributed by atoms with Gasteiger partial charge in [0.1, 0.15) is 5.82 Å². The van der Waals surface area contributed by atoms with Gasteiger partial charge in [-0.15, -0.1) is 0 Å². The Morgan fingerprint density at radius 1 is 0.958 bits per heavy atom. The average Bonchev–Trinajstić information content (AvgIpc) is 2.88. The predicted octanol–water partition coefficient (Wildman–Crippen LogP) is 2.59. The molecule has 0 aliphatic carbocycles. The molecular weight excluding hydrogens is 322 g/mol. The number of benzene rings is 1. The molecule has 6 heteroatoms. The highest BCUT2D eigenvalue weighted by atomic mass is 32.2. The van der Waals surface area contributed by atoms with E-state index in [4.69, 9.17) is 0 Å². The summed E-state index contributed by atoms with van der Waals surface area (Å²) in [6, 6.07) is 13.3. The highest BCUT2D eigenvalue weighted by Crippen LogP contribution is 2.27. The highest BCUT2D eigenvalue weighted by Gasteiger charge is 2.22. The maximum absolute atomic E-state index is 12.4. The van der Waals surface area contributed by atoms with E-state index < -0.39 is 9.84 Å². The number of hydrogen-bond donors (Lipinski definition) is 0. The lowest BCUT2D eigenvalue weighted by Crippen LogP contribution is -2.31. The van der Waals surface area contributed by atoms with Crippen molar-refractivity contribution in [3.63, 3.8) is 0 Å². The minimum absolute atomic E-state index is 0.123. The van der Waals surface area contributed by atoms with Gasteiger partial charge in [-0.05, 0) is 30.7 Å². The number of anilines is 2. The average molecular weight is 345 g/mol. The Labute approximate surface area is 143 Å². The van der Waals surface area contributed by atoms with Crippen LogP contribution >= 0.6 is 0 Å². The van der Waals surface area contributed by atoms with Crippen LogP contribution in [-0.2, 0) is 9.84 Å². The van der Waals surface area contributed by atoms with Crippen LogP contribution in [0.3, 0.4) is 0 Å². The molecule has 2 heterocycles. The van der Waals surface area contributed by atoms with Gasteiger partial charge in [0.05, 0.1) is 16.3 Å². The minimum Gasteiger partial charge on any atom is -0.369 e. The normalized spacial score (nSPS) is 16.0. The summed E-state index contributed by atoms with van der Waals surface area (Å²) in [5.74, 6) is 1.10. The fraction of sp³-hybridized carbons (Fsp3) is 0.389. The lowest BCUT2D eigenvalue weighted by atomic mass is 10.2. The van der Waals surface area contributed by atoms with Crippen LogP contribution < -0.4 is 9.80 Å². The Kier molecular flexibility index (Phi) is 5.04. The number of pyridine rings is 1. The van der Waals surface area contributed by atoms with E-state index in [2.05, 4.69) is 14.8 Å². The van der Waals surface area contributed by atoms with Gasteiger partial charge in [0, 0.05) is 32.4 Å². The molecule has 5 nitrogen and oxygen atoms in total. The summed E-state index contributed by atoms with van der Waals surface area (Å²) >= 11 is 0. The maximum atomic E-state index is 12.4. The van der Waals surface area contributed by atoms with E-state index in [0.29, 0.717) is 4.90 Å². The molecule has 1 aliphatic rings. The molecule has 0 radical (unpaired) electrons. The molecule has 0 saturated carbocycles. The fourth-order valence-electron chi connectivity index (χ4n) is 3.07.